The summed E-state index contributed by atoms with van der Waals surface area (Å²) in [5.74, 6) is -1.35. The Morgan fingerprint density at radius 2 is 2.00 bits per heavy atom. The van der Waals surface area contributed by atoms with Gasteiger partial charge in [-0.15, -0.1) is 0 Å². The third-order valence-corrected chi connectivity index (χ3v) is 5.29. The highest BCUT2D eigenvalue weighted by molar-refractivity contribution is 6.34. The van der Waals surface area contributed by atoms with Gasteiger partial charge in [0.15, 0.2) is 6.10 Å². The molecule has 1 fully saturated rings. The molecule has 146 valence electrons. The first-order chi connectivity index (χ1) is 13.5. The van der Waals surface area contributed by atoms with Crippen LogP contribution < -0.4 is 0 Å². The molecule has 1 aliphatic heterocycles. The van der Waals surface area contributed by atoms with Crippen LogP contribution in [0.1, 0.15) is 30.4 Å². The van der Waals surface area contributed by atoms with Gasteiger partial charge in [0.2, 0.25) is 5.91 Å². The van der Waals surface area contributed by atoms with E-state index in [9.17, 15) is 13.6 Å². The number of rotatable bonds is 6. The molecule has 4 nitrogen and oxygen atoms in total. The van der Waals surface area contributed by atoms with E-state index in [-0.39, 0.29) is 36.6 Å². The van der Waals surface area contributed by atoms with Gasteiger partial charge in [-0.2, -0.15) is 0 Å². The fourth-order valence-electron chi connectivity index (χ4n) is 3.30. The topological polar surface area (TPSA) is 41.9 Å². The Morgan fingerprint density at radius 1 is 1.21 bits per heavy atom. The molecule has 0 saturated heterocycles. The van der Waals surface area contributed by atoms with E-state index < -0.39 is 11.6 Å². The molecule has 2 aliphatic rings. The van der Waals surface area contributed by atoms with Crippen molar-refractivity contribution in [3.05, 3.63) is 70.2 Å². The van der Waals surface area contributed by atoms with Gasteiger partial charge in [0.1, 0.15) is 11.6 Å². The predicted molar refractivity (Wildman–Crippen MR) is 102 cm³/mol. The van der Waals surface area contributed by atoms with Gasteiger partial charge in [-0.25, -0.2) is 8.78 Å². The van der Waals surface area contributed by atoms with E-state index in [1.54, 1.807) is 11.0 Å². The van der Waals surface area contributed by atoms with Crippen LogP contribution in [0.5, 0.6) is 0 Å². The third-order valence-electron chi connectivity index (χ3n) is 4.96. The molecule has 0 aromatic heterocycles. The Balaban J connectivity index is 1.46. The lowest BCUT2D eigenvalue weighted by Crippen LogP contribution is -2.38. The van der Waals surface area contributed by atoms with Crippen molar-refractivity contribution in [1.29, 1.82) is 0 Å². The Kier molecular flexibility index (Phi) is 5.31. The van der Waals surface area contributed by atoms with E-state index in [0.717, 1.165) is 30.2 Å². The second-order valence-corrected chi connectivity index (χ2v) is 7.59. The average Bonchev–Trinajstić information content (AvgIpc) is 3.42. The summed E-state index contributed by atoms with van der Waals surface area (Å²) in [6, 6.07) is 10.8. The van der Waals surface area contributed by atoms with Crippen LogP contribution in [0, 0.1) is 17.6 Å². The Hall–Kier alpha value is -2.47. The zero-order chi connectivity index (χ0) is 19.7. The molecular formula is C21H19ClF2N2O2. The molecule has 2 aromatic carbocycles. The molecule has 1 saturated carbocycles. The maximum atomic E-state index is 14.1. The fraction of sp³-hybridized carbons (Fsp3) is 0.333. The zero-order valence-corrected chi connectivity index (χ0v) is 15.8. The van der Waals surface area contributed by atoms with Gasteiger partial charge in [-0.05, 0) is 25.0 Å². The molecule has 1 amide bonds. The molecule has 2 aromatic rings. The standard InChI is InChI=1S/C21H19ClF2N2O2/c22-18-4-2-1-3-17(18)20-10-16(28-25-20)12-26(21(27)13-5-6-13)11-14-7-8-15(23)9-19(14)24/h1-4,7-9,13,16H,5-6,10-12H2. The summed E-state index contributed by atoms with van der Waals surface area (Å²) < 4.78 is 27.3. The summed E-state index contributed by atoms with van der Waals surface area (Å²) in [4.78, 5) is 19.8. The SMILES string of the molecule is O=C(C1CC1)N(Cc1ccc(F)cc1F)CC1CC(c2ccccc2Cl)=NO1. The monoisotopic (exact) mass is 404 g/mol. The van der Waals surface area contributed by atoms with Crippen molar-refractivity contribution in [2.24, 2.45) is 11.1 Å². The summed E-state index contributed by atoms with van der Waals surface area (Å²) in [7, 11) is 0. The van der Waals surface area contributed by atoms with Gasteiger partial charge in [0.05, 0.1) is 12.3 Å². The molecular weight excluding hydrogens is 386 g/mol. The molecule has 0 spiro atoms. The van der Waals surface area contributed by atoms with Crippen LogP contribution in [0.3, 0.4) is 0 Å². The van der Waals surface area contributed by atoms with Gasteiger partial charge in [-0.1, -0.05) is 41.0 Å². The molecule has 7 heteroatoms. The number of amides is 1. The van der Waals surface area contributed by atoms with Crippen LogP contribution in [0.2, 0.25) is 5.02 Å². The zero-order valence-electron chi connectivity index (χ0n) is 15.1. The van der Waals surface area contributed by atoms with Crippen molar-refractivity contribution in [3.63, 3.8) is 0 Å². The van der Waals surface area contributed by atoms with Crippen molar-refractivity contribution < 1.29 is 18.4 Å². The number of hydrogen-bond acceptors (Lipinski definition) is 3. The second-order valence-electron chi connectivity index (χ2n) is 7.18. The van der Waals surface area contributed by atoms with E-state index >= 15 is 0 Å². The molecule has 1 unspecified atom stereocenters. The van der Waals surface area contributed by atoms with Crippen LogP contribution in [0.25, 0.3) is 0 Å². The molecule has 1 aliphatic carbocycles. The second kappa shape index (κ2) is 7.87. The van der Waals surface area contributed by atoms with Gasteiger partial charge in [0, 0.05) is 41.1 Å². The number of halogens is 3. The maximum absolute atomic E-state index is 14.1. The van der Waals surface area contributed by atoms with Crippen LogP contribution in [-0.2, 0) is 16.2 Å². The molecule has 0 radical (unpaired) electrons. The largest absolute Gasteiger partial charge is 0.390 e. The molecule has 0 bridgehead atoms. The first-order valence-corrected chi connectivity index (χ1v) is 9.59. The summed E-state index contributed by atoms with van der Waals surface area (Å²) in [6.07, 6.45) is 1.85. The van der Waals surface area contributed by atoms with Crippen molar-refractivity contribution in [2.45, 2.75) is 31.9 Å². The number of carbonyl (C=O) groups excluding carboxylic acids is 1. The molecule has 4 rings (SSSR count). The summed E-state index contributed by atoms with van der Waals surface area (Å²) >= 11 is 6.22. The van der Waals surface area contributed by atoms with E-state index in [0.29, 0.717) is 11.4 Å². The van der Waals surface area contributed by atoms with Crippen molar-refractivity contribution in [2.75, 3.05) is 6.54 Å². The van der Waals surface area contributed by atoms with Crippen LogP contribution in [0.15, 0.2) is 47.6 Å². The Labute approximate surface area is 166 Å². The van der Waals surface area contributed by atoms with Crippen LogP contribution in [0.4, 0.5) is 8.78 Å². The first kappa shape index (κ1) is 18.9. The molecule has 0 N–H and O–H groups in total. The Morgan fingerprint density at radius 3 is 2.71 bits per heavy atom. The predicted octanol–water partition coefficient (Wildman–Crippen LogP) is 4.55. The number of nitrogens with zero attached hydrogens (tertiary/aromatic N) is 2. The Bertz CT molecular complexity index is 930. The molecule has 28 heavy (non-hydrogen) atoms. The molecule has 1 heterocycles. The molecule has 1 atom stereocenters. The fourth-order valence-corrected chi connectivity index (χ4v) is 3.55. The van der Waals surface area contributed by atoms with Gasteiger partial charge < -0.3 is 9.74 Å². The highest BCUT2D eigenvalue weighted by Gasteiger charge is 2.36. The van der Waals surface area contributed by atoms with Gasteiger partial charge in [0.25, 0.3) is 0 Å². The first-order valence-electron chi connectivity index (χ1n) is 9.21. The normalized spacial score (nSPS) is 18.5. The number of hydrogen-bond donors (Lipinski definition) is 0. The van der Waals surface area contributed by atoms with Crippen molar-refractivity contribution >= 4 is 23.2 Å². The van der Waals surface area contributed by atoms with Gasteiger partial charge >= 0.3 is 0 Å². The summed E-state index contributed by atoms with van der Waals surface area (Å²) in [5, 5.41) is 4.72. The average molecular weight is 405 g/mol. The quantitative estimate of drug-likeness (QED) is 0.708. The smallest absolute Gasteiger partial charge is 0.226 e. The van der Waals surface area contributed by atoms with E-state index in [4.69, 9.17) is 16.4 Å². The summed E-state index contributed by atoms with van der Waals surface area (Å²) in [5.41, 5.74) is 1.80. The minimum absolute atomic E-state index is 0.0196. The number of oxime groups is 1. The minimum Gasteiger partial charge on any atom is -0.390 e. The summed E-state index contributed by atoms with van der Waals surface area (Å²) in [6.45, 7) is 0.354. The van der Waals surface area contributed by atoms with Crippen molar-refractivity contribution in [1.82, 2.24) is 4.90 Å². The lowest BCUT2D eigenvalue weighted by atomic mass is 10.0. The van der Waals surface area contributed by atoms with E-state index in [2.05, 4.69) is 5.16 Å². The van der Waals surface area contributed by atoms with Crippen LogP contribution >= 0.6 is 11.6 Å². The maximum Gasteiger partial charge on any atom is 0.226 e. The lowest BCUT2D eigenvalue weighted by molar-refractivity contribution is -0.135. The third kappa shape index (κ3) is 4.17. The number of benzene rings is 2. The van der Waals surface area contributed by atoms with E-state index in [1.807, 2.05) is 18.2 Å². The van der Waals surface area contributed by atoms with Gasteiger partial charge in [-0.3, -0.25) is 4.79 Å². The highest BCUT2D eigenvalue weighted by Crippen LogP contribution is 2.32. The highest BCUT2D eigenvalue weighted by atomic mass is 35.5. The van der Waals surface area contributed by atoms with Crippen LogP contribution in [-0.4, -0.2) is 29.2 Å². The van der Waals surface area contributed by atoms with Crippen molar-refractivity contribution in [3.8, 4) is 0 Å². The lowest BCUT2D eigenvalue weighted by Gasteiger charge is -2.25. The minimum atomic E-state index is -0.658. The van der Waals surface area contributed by atoms with E-state index in [1.165, 1.54) is 12.1 Å². The number of carbonyl (C=O) groups is 1.